The van der Waals surface area contributed by atoms with Gasteiger partial charge >= 0.3 is 0 Å². The molecule has 0 aliphatic heterocycles. The van der Waals surface area contributed by atoms with E-state index in [1.54, 1.807) is 6.92 Å². The van der Waals surface area contributed by atoms with Crippen LogP contribution >= 0.6 is 0 Å². The molecule has 1 heterocycles. The van der Waals surface area contributed by atoms with Gasteiger partial charge in [-0.05, 0) is 19.8 Å². The molecule has 0 spiro atoms. The van der Waals surface area contributed by atoms with E-state index in [1.165, 1.54) is 12.4 Å². The van der Waals surface area contributed by atoms with Gasteiger partial charge in [-0.3, -0.25) is 4.79 Å². The summed E-state index contributed by atoms with van der Waals surface area (Å²) in [4.78, 5) is 17.2. The van der Waals surface area contributed by atoms with Crippen LogP contribution in [0.2, 0.25) is 0 Å². The first-order valence-electron chi connectivity index (χ1n) is 4.65. The van der Waals surface area contributed by atoms with Gasteiger partial charge in [0.15, 0.2) is 0 Å². The quantitative estimate of drug-likeness (QED) is 0.595. The predicted octanol–water partition coefficient (Wildman–Crippen LogP) is 0.343. The lowest BCUT2D eigenvalue weighted by Gasteiger charge is -2.05. The van der Waals surface area contributed by atoms with Crippen LogP contribution in [0.15, 0.2) is 17.2 Å². The molecule has 0 aliphatic carbocycles. The van der Waals surface area contributed by atoms with E-state index in [2.05, 4.69) is 15.3 Å². The molecule has 14 heavy (non-hydrogen) atoms. The first kappa shape index (κ1) is 10.7. The molecule has 1 atom stereocenters. The van der Waals surface area contributed by atoms with Gasteiger partial charge in [0, 0.05) is 12.6 Å². The maximum Gasteiger partial charge on any atom is 0.252 e. The minimum atomic E-state index is -0.274. The van der Waals surface area contributed by atoms with E-state index in [0.717, 1.165) is 12.8 Å². The normalized spacial score (nSPS) is 12.4. The molecular formula is C9H15N3O2. The van der Waals surface area contributed by atoms with Gasteiger partial charge in [-0.15, -0.1) is 0 Å². The molecule has 1 aromatic heterocycles. The maximum absolute atomic E-state index is 10.9. The summed E-state index contributed by atoms with van der Waals surface area (Å²) in [5.41, 5.74) is -0.168. The number of aromatic amines is 1. The van der Waals surface area contributed by atoms with E-state index in [0.29, 0.717) is 12.4 Å². The Hall–Kier alpha value is -1.36. The molecule has 3 N–H and O–H groups in total. The molecule has 0 saturated heterocycles. The van der Waals surface area contributed by atoms with Crippen LogP contribution in [-0.2, 0) is 0 Å². The second kappa shape index (κ2) is 5.39. The molecule has 0 aromatic carbocycles. The first-order chi connectivity index (χ1) is 6.68. The molecule has 1 unspecified atom stereocenters. The van der Waals surface area contributed by atoms with Crippen molar-refractivity contribution < 1.29 is 5.11 Å². The molecule has 0 amide bonds. The number of hydrogen-bond acceptors (Lipinski definition) is 4. The monoisotopic (exact) mass is 197 g/mol. The third-order valence-electron chi connectivity index (χ3n) is 1.78. The smallest absolute Gasteiger partial charge is 0.252 e. The van der Waals surface area contributed by atoms with Crippen LogP contribution in [0.25, 0.3) is 0 Å². The third kappa shape index (κ3) is 4.04. The summed E-state index contributed by atoms with van der Waals surface area (Å²) in [5, 5.41) is 12.0. The summed E-state index contributed by atoms with van der Waals surface area (Å²) < 4.78 is 0. The summed E-state index contributed by atoms with van der Waals surface area (Å²) in [7, 11) is 0. The highest BCUT2D eigenvalue weighted by Crippen LogP contribution is 1.98. The standard InChI is InChI=1S/C9H15N3O2/c1-7(13)3-2-4-10-8-5-9(14)12-6-11-8/h5-7,13H,2-4H2,1H3,(H2,10,11,12,14). The highest BCUT2D eigenvalue weighted by Gasteiger charge is 1.96. The van der Waals surface area contributed by atoms with E-state index < -0.39 is 0 Å². The Morgan fingerprint density at radius 1 is 1.71 bits per heavy atom. The van der Waals surface area contributed by atoms with E-state index in [4.69, 9.17) is 5.11 Å². The number of hydrogen-bond donors (Lipinski definition) is 3. The SMILES string of the molecule is CC(O)CCCNc1cc(=O)[nH]cn1. The zero-order chi connectivity index (χ0) is 10.4. The zero-order valence-corrected chi connectivity index (χ0v) is 8.16. The molecule has 1 rings (SSSR count). The van der Waals surface area contributed by atoms with Crippen molar-refractivity contribution in [2.75, 3.05) is 11.9 Å². The summed E-state index contributed by atoms with van der Waals surface area (Å²) in [6, 6.07) is 1.41. The molecule has 0 aliphatic rings. The van der Waals surface area contributed by atoms with Crippen LogP contribution < -0.4 is 10.9 Å². The third-order valence-corrected chi connectivity index (χ3v) is 1.78. The zero-order valence-electron chi connectivity index (χ0n) is 8.16. The van der Waals surface area contributed by atoms with E-state index >= 15 is 0 Å². The maximum atomic E-state index is 10.9. The lowest BCUT2D eigenvalue weighted by Crippen LogP contribution is -2.11. The number of rotatable bonds is 5. The highest BCUT2D eigenvalue weighted by atomic mass is 16.3. The van der Waals surface area contributed by atoms with Gasteiger partial charge in [-0.25, -0.2) is 4.98 Å². The van der Waals surface area contributed by atoms with Crippen LogP contribution in [0.5, 0.6) is 0 Å². The molecule has 0 radical (unpaired) electrons. The second-order valence-corrected chi connectivity index (χ2v) is 3.21. The van der Waals surface area contributed by atoms with Crippen molar-refractivity contribution >= 4 is 5.82 Å². The topological polar surface area (TPSA) is 78.0 Å². The van der Waals surface area contributed by atoms with Crippen LogP contribution in [0, 0.1) is 0 Å². The molecule has 5 heteroatoms. The number of H-pyrrole nitrogens is 1. The van der Waals surface area contributed by atoms with Crippen LogP contribution in [0.3, 0.4) is 0 Å². The lowest BCUT2D eigenvalue weighted by molar-refractivity contribution is 0.183. The Bertz CT molecular complexity index is 322. The van der Waals surface area contributed by atoms with E-state index in [-0.39, 0.29) is 11.7 Å². The van der Waals surface area contributed by atoms with Crippen molar-refractivity contribution in [3.8, 4) is 0 Å². The predicted molar refractivity (Wildman–Crippen MR) is 54.3 cm³/mol. The van der Waals surface area contributed by atoms with Crippen molar-refractivity contribution in [3.63, 3.8) is 0 Å². The Labute approximate surface area is 82.2 Å². The molecular weight excluding hydrogens is 182 g/mol. The number of aromatic nitrogens is 2. The summed E-state index contributed by atoms with van der Waals surface area (Å²) in [6.07, 6.45) is 2.69. The van der Waals surface area contributed by atoms with Crippen molar-refractivity contribution in [3.05, 3.63) is 22.7 Å². The fourth-order valence-corrected chi connectivity index (χ4v) is 1.08. The molecule has 1 aromatic rings. The lowest BCUT2D eigenvalue weighted by atomic mass is 10.2. The molecule has 0 saturated carbocycles. The Morgan fingerprint density at radius 3 is 3.14 bits per heavy atom. The van der Waals surface area contributed by atoms with Crippen LogP contribution in [0.4, 0.5) is 5.82 Å². The summed E-state index contributed by atoms with van der Waals surface area (Å²) in [5.74, 6) is 0.569. The van der Waals surface area contributed by atoms with Crippen molar-refractivity contribution in [2.45, 2.75) is 25.9 Å². The minimum Gasteiger partial charge on any atom is -0.393 e. The van der Waals surface area contributed by atoms with Gasteiger partial charge < -0.3 is 15.4 Å². The van der Waals surface area contributed by atoms with Crippen molar-refractivity contribution in [1.29, 1.82) is 0 Å². The number of anilines is 1. The van der Waals surface area contributed by atoms with Gasteiger partial charge in [0.1, 0.15) is 5.82 Å². The van der Waals surface area contributed by atoms with Gasteiger partial charge in [-0.1, -0.05) is 0 Å². The van der Waals surface area contributed by atoms with Gasteiger partial charge in [-0.2, -0.15) is 0 Å². The Kier molecular flexibility index (Phi) is 4.12. The van der Waals surface area contributed by atoms with Crippen LogP contribution in [0.1, 0.15) is 19.8 Å². The number of nitrogens with zero attached hydrogens (tertiary/aromatic N) is 1. The van der Waals surface area contributed by atoms with E-state index in [1.807, 2.05) is 0 Å². The molecule has 78 valence electrons. The van der Waals surface area contributed by atoms with Crippen molar-refractivity contribution in [2.24, 2.45) is 0 Å². The molecule has 5 nitrogen and oxygen atoms in total. The minimum absolute atomic E-state index is 0.168. The molecule has 0 fully saturated rings. The average Bonchev–Trinajstić information content (AvgIpc) is 2.12. The number of aliphatic hydroxyl groups excluding tert-OH is 1. The van der Waals surface area contributed by atoms with Gasteiger partial charge in [0.2, 0.25) is 0 Å². The Balaban J connectivity index is 2.28. The number of aliphatic hydroxyl groups is 1. The van der Waals surface area contributed by atoms with E-state index in [9.17, 15) is 4.79 Å². The Morgan fingerprint density at radius 2 is 2.50 bits per heavy atom. The average molecular weight is 197 g/mol. The fourth-order valence-electron chi connectivity index (χ4n) is 1.08. The fraction of sp³-hybridized carbons (Fsp3) is 0.556. The second-order valence-electron chi connectivity index (χ2n) is 3.21. The van der Waals surface area contributed by atoms with Crippen molar-refractivity contribution in [1.82, 2.24) is 9.97 Å². The largest absolute Gasteiger partial charge is 0.393 e. The van der Waals surface area contributed by atoms with Gasteiger partial charge in [0.05, 0.1) is 12.4 Å². The van der Waals surface area contributed by atoms with Gasteiger partial charge in [0.25, 0.3) is 5.56 Å². The summed E-state index contributed by atoms with van der Waals surface area (Å²) >= 11 is 0. The first-order valence-corrected chi connectivity index (χ1v) is 4.65. The number of nitrogens with one attached hydrogen (secondary N) is 2. The summed E-state index contributed by atoms with van der Waals surface area (Å²) in [6.45, 7) is 2.47. The van der Waals surface area contributed by atoms with Crippen LogP contribution in [-0.4, -0.2) is 27.7 Å². The molecule has 0 bridgehead atoms. The highest BCUT2D eigenvalue weighted by molar-refractivity contribution is 5.31.